The molecule has 1 unspecified atom stereocenters. The second-order valence-corrected chi connectivity index (χ2v) is 16.7. The van der Waals surface area contributed by atoms with Crippen LogP contribution in [0, 0.1) is 0 Å². The highest BCUT2D eigenvalue weighted by Gasteiger charge is 2.19. The molecule has 0 aliphatic rings. The number of unbranched alkanes of at least 4 members (excludes halogenated alkanes) is 18. The molecule has 0 amide bonds. The number of hydrogen-bond donors (Lipinski definition) is 0. The van der Waals surface area contributed by atoms with E-state index in [1.54, 1.807) is 0 Å². The molecule has 358 valence electrons. The minimum Gasteiger partial charge on any atom is -0.462 e. The van der Waals surface area contributed by atoms with Gasteiger partial charge in [-0.25, -0.2) is 0 Å². The molecule has 0 spiro atoms. The maximum absolute atomic E-state index is 12.8. The topological polar surface area (TPSA) is 78.9 Å². The highest BCUT2D eigenvalue weighted by atomic mass is 16.6. The van der Waals surface area contributed by atoms with E-state index >= 15 is 0 Å². The molecule has 6 nitrogen and oxygen atoms in total. The van der Waals surface area contributed by atoms with E-state index in [-0.39, 0.29) is 37.5 Å². The fourth-order valence-corrected chi connectivity index (χ4v) is 6.73. The standard InChI is InChI=1S/C57H94O6/c1-4-7-10-13-16-19-22-25-27-29-31-32-35-38-41-44-47-50-56(59)62-53-54(52-61-55(58)49-46-43-40-37-34-24-21-18-15-12-9-6-3)63-57(60)51-48-45-42-39-36-33-30-28-26-23-20-17-14-11-8-5-2/h8-9,11-12,16-21,25-28,33,36,54H,4-7,10,13-15,22-24,29-32,34-35,37-53H2,1-3H3/b11-8-,12-9-,19-16-,20-17-,21-18-,27-25-,28-26-,36-33-. The van der Waals surface area contributed by atoms with Gasteiger partial charge in [0.15, 0.2) is 6.10 Å². The summed E-state index contributed by atoms with van der Waals surface area (Å²) < 4.78 is 16.7. The molecule has 0 saturated carbocycles. The van der Waals surface area contributed by atoms with Gasteiger partial charge in [-0.15, -0.1) is 0 Å². The van der Waals surface area contributed by atoms with Crippen molar-refractivity contribution in [3.8, 4) is 0 Å². The molecule has 0 aliphatic heterocycles. The Morgan fingerprint density at radius 1 is 0.333 bits per heavy atom. The molecule has 0 aliphatic carbocycles. The molecule has 6 heteroatoms. The maximum atomic E-state index is 12.8. The summed E-state index contributed by atoms with van der Waals surface area (Å²) in [5, 5.41) is 0. The number of allylic oxidation sites excluding steroid dienone is 16. The van der Waals surface area contributed by atoms with E-state index in [4.69, 9.17) is 14.2 Å². The minimum absolute atomic E-state index is 0.100. The van der Waals surface area contributed by atoms with Crippen molar-refractivity contribution in [1.29, 1.82) is 0 Å². The van der Waals surface area contributed by atoms with Crippen molar-refractivity contribution in [1.82, 2.24) is 0 Å². The highest BCUT2D eigenvalue weighted by molar-refractivity contribution is 5.71. The van der Waals surface area contributed by atoms with Crippen molar-refractivity contribution < 1.29 is 28.6 Å². The first-order valence-electron chi connectivity index (χ1n) is 25.7. The predicted molar refractivity (Wildman–Crippen MR) is 270 cm³/mol. The fraction of sp³-hybridized carbons (Fsp3) is 0.667. The fourth-order valence-electron chi connectivity index (χ4n) is 6.73. The average molecular weight is 875 g/mol. The molecule has 1 atom stereocenters. The minimum atomic E-state index is -0.804. The Kier molecular flexibility index (Phi) is 48.0. The highest BCUT2D eigenvalue weighted by Crippen LogP contribution is 2.13. The first-order valence-corrected chi connectivity index (χ1v) is 25.7. The third kappa shape index (κ3) is 49.2. The van der Waals surface area contributed by atoms with Crippen LogP contribution in [0.5, 0.6) is 0 Å². The predicted octanol–water partition coefficient (Wildman–Crippen LogP) is 17.0. The van der Waals surface area contributed by atoms with E-state index in [1.807, 2.05) is 0 Å². The summed E-state index contributed by atoms with van der Waals surface area (Å²) in [4.78, 5) is 38.0. The molecule has 0 aromatic rings. The number of rotatable bonds is 45. The largest absolute Gasteiger partial charge is 0.462 e. The Labute approximate surface area is 387 Å². The van der Waals surface area contributed by atoms with Crippen molar-refractivity contribution in [2.45, 2.75) is 232 Å². The van der Waals surface area contributed by atoms with Crippen LogP contribution in [0.3, 0.4) is 0 Å². The number of ether oxygens (including phenoxy) is 3. The molecular weight excluding hydrogens is 781 g/mol. The van der Waals surface area contributed by atoms with Crippen LogP contribution in [0.25, 0.3) is 0 Å². The zero-order valence-corrected chi connectivity index (χ0v) is 40.8. The normalized spacial score (nSPS) is 12.9. The lowest BCUT2D eigenvalue weighted by atomic mass is 10.1. The SMILES string of the molecule is CC/C=C\C/C=C\C/C=C\C/C=C\CCCCCC(=O)OC(COC(=O)CCCCCCC/C=C\C/C=C\CC)COC(=O)CCCCCCCCC/C=C\C/C=C\CCCCC. The van der Waals surface area contributed by atoms with Gasteiger partial charge in [-0.05, 0) is 116 Å². The monoisotopic (exact) mass is 875 g/mol. The number of carbonyl (C=O) groups is 3. The summed E-state index contributed by atoms with van der Waals surface area (Å²) >= 11 is 0. The molecule has 0 rings (SSSR count). The molecule has 0 saturated heterocycles. The van der Waals surface area contributed by atoms with Gasteiger partial charge in [-0.3, -0.25) is 14.4 Å². The van der Waals surface area contributed by atoms with E-state index in [1.165, 1.54) is 51.4 Å². The van der Waals surface area contributed by atoms with Crippen LogP contribution in [0.4, 0.5) is 0 Å². The average Bonchev–Trinajstić information content (AvgIpc) is 3.28. The first kappa shape index (κ1) is 59.3. The van der Waals surface area contributed by atoms with Crippen LogP contribution in [0.15, 0.2) is 97.2 Å². The molecule has 0 aromatic heterocycles. The third-order valence-corrected chi connectivity index (χ3v) is 10.6. The first-order chi connectivity index (χ1) is 31.0. The molecule has 0 aromatic carbocycles. The second-order valence-electron chi connectivity index (χ2n) is 16.7. The lowest BCUT2D eigenvalue weighted by Crippen LogP contribution is -2.30. The Hall–Kier alpha value is -3.67. The van der Waals surface area contributed by atoms with Crippen LogP contribution in [0.1, 0.15) is 226 Å². The van der Waals surface area contributed by atoms with E-state index < -0.39 is 6.10 Å². The van der Waals surface area contributed by atoms with E-state index in [0.29, 0.717) is 12.8 Å². The molecular formula is C57H94O6. The number of hydrogen-bond acceptors (Lipinski definition) is 6. The van der Waals surface area contributed by atoms with Gasteiger partial charge in [0, 0.05) is 19.3 Å². The van der Waals surface area contributed by atoms with Crippen molar-refractivity contribution in [2.75, 3.05) is 13.2 Å². The molecule has 0 bridgehead atoms. The zero-order chi connectivity index (χ0) is 45.8. The Morgan fingerprint density at radius 2 is 0.619 bits per heavy atom. The quantitative estimate of drug-likeness (QED) is 0.0262. The summed E-state index contributed by atoms with van der Waals surface area (Å²) in [6, 6.07) is 0. The molecule has 0 N–H and O–H groups in total. The molecule has 0 radical (unpaired) electrons. The van der Waals surface area contributed by atoms with Gasteiger partial charge >= 0.3 is 17.9 Å². The Balaban J connectivity index is 4.47. The van der Waals surface area contributed by atoms with Gasteiger partial charge in [0.1, 0.15) is 13.2 Å². The second kappa shape index (κ2) is 51.0. The summed E-state index contributed by atoms with van der Waals surface area (Å²) in [6.45, 7) is 6.33. The number of esters is 3. The van der Waals surface area contributed by atoms with Crippen molar-refractivity contribution in [2.24, 2.45) is 0 Å². The summed E-state index contributed by atoms with van der Waals surface area (Å²) in [6.07, 6.45) is 66.7. The zero-order valence-electron chi connectivity index (χ0n) is 40.8. The van der Waals surface area contributed by atoms with E-state index in [2.05, 4.69) is 118 Å². The third-order valence-electron chi connectivity index (χ3n) is 10.6. The van der Waals surface area contributed by atoms with Gasteiger partial charge in [0.2, 0.25) is 0 Å². The van der Waals surface area contributed by atoms with Crippen LogP contribution < -0.4 is 0 Å². The Morgan fingerprint density at radius 3 is 0.984 bits per heavy atom. The molecule has 0 heterocycles. The van der Waals surface area contributed by atoms with Gasteiger partial charge in [0.05, 0.1) is 0 Å². The lowest BCUT2D eigenvalue weighted by molar-refractivity contribution is -0.167. The van der Waals surface area contributed by atoms with Gasteiger partial charge in [-0.2, -0.15) is 0 Å². The smallest absolute Gasteiger partial charge is 0.306 e. The van der Waals surface area contributed by atoms with Crippen molar-refractivity contribution in [3.05, 3.63) is 97.2 Å². The van der Waals surface area contributed by atoms with Crippen LogP contribution >= 0.6 is 0 Å². The van der Waals surface area contributed by atoms with E-state index in [9.17, 15) is 14.4 Å². The van der Waals surface area contributed by atoms with E-state index in [0.717, 1.165) is 135 Å². The van der Waals surface area contributed by atoms with Gasteiger partial charge in [-0.1, -0.05) is 189 Å². The summed E-state index contributed by atoms with van der Waals surface area (Å²) in [5.74, 6) is -0.958. The summed E-state index contributed by atoms with van der Waals surface area (Å²) in [5.41, 5.74) is 0. The van der Waals surface area contributed by atoms with Gasteiger partial charge in [0.25, 0.3) is 0 Å². The molecule has 0 fully saturated rings. The summed E-state index contributed by atoms with van der Waals surface area (Å²) in [7, 11) is 0. The Bertz CT molecular complexity index is 1280. The van der Waals surface area contributed by atoms with Crippen molar-refractivity contribution >= 4 is 17.9 Å². The van der Waals surface area contributed by atoms with Crippen LogP contribution in [0.2, 0.25) is 0 Å². The van der Waals surface area contributed by atoms with Crippen molar-refractivity contribution in [3.63, 3.8) is 0 Å². The lowest BCUT2D eigenvalue weighted by Gasteiger charge is -2.18. The van der Waals surface area contributed by atoms with Crippen LogP contribution in [-0.4, -0.2) is 37.2 Å². The molecule has 63 heavy (non-hydrogen) atoms. The van der Waals surface area contributed by atoms with Crippen LogP contribution in [-0.2, 0) is 28.6 Å². The van der Waals surface area contributed by atoms with Gasteiger partial charge < -0.3 is 14.2 Å². The number of carbonyl (C=O) groups excluding carboxylic acids is 3. The maximum Gasteiger partial charge on any atom is 0.306 e.